The summed E-state index contributed by atoms with van der Waals surface area (Å²) in [6.07, 6.45) is 1.15. The van der Waals surface area contributed by atoms with Crippen LogP contribution in [0.25, 0.3) is 0 Å². The van der Waals surface area contributed by atoms with E-state index in [9.17, 15) is 0 Å². The van der Waals surface area contributed by atoms with Crippen molar-refractivity contribution in [3.05, 3.63) is 0 Å². The van der Waals surface area contributed by atoms with Crippen LogP contribution in [0.4, 0.5) is 0 Å². The van der Waals surface area contributed by atoms with Crippen LogP contribution >= 0.6 is 0 Å². The Morgan fingerprint density at radius 1 is 1.12 bits per heavy atom. The molecule has 0 heterocycles. The van der Waals surface area contributed by atoms with Crippen LogP contribution in [0.1, 0.15) is 48.0 Å². The first-order valence-electron chi connectivity index (χ1n) is 6.84. The molecule has 0 aliphatic carbocycles. The highest BCUT2D eigenvalue weighted by atomic mass is 16.3. The highest BCUT2D eigenvalue weighted by molar-refractivity contribution is 4.83. The average Bonchev–Trinajstić information content (AvgIpc) is 2.25. The van der Waals surface area contributed by atoms with Crippen LogP contribution < -0.4 is 5.32 Å². The van der Waals surface area contributed by atoms with Gasteiger partial charge in [-0.2, -0.15) is 0 Å². The molecule has 0 aromatic carbocycles. The van der Waals surface area contributed by atoms with Gasteiger partial charge in [0, 0.05) is 25.2 Å². The molecule has 1 atom stereocenters. The van der Waals surface area contributed by atoms with E-state index in [1.807, 2.05) is 0 Å². The standard InChI is InChI=1S/C14H32N2O/c1-7-14(6,11-15-13(3,4)5)12-16(8-2)9-10-17/h15,17H,7-12H2,1-6H3. The third-order valence-corrected chi connectivity index (χ3v) is 3.37. The van der Waals surface area contributed by atoms with Gasteiger partial charge in [0.1, 0.15) is 0 Å². The van der Waals surface area contributed by atoms with E-state index in [1.165, 1.54) is 0 Å². The molecule has 2 N–H and O–H groups in total. The lowest BCUT2D eigenvalue weighted by atomic mass is 9.86. The Kier molecular flexibility index (Phi) is 7.29. The fraction of sp³-hybridized carbons (Fsp3) is 1.00. The molecule has 17 heavy (non-hydrogen) atoms. The summed E-state index contributed by atoms with van der Waals surface area (Å²) in [4.78, 5) is 2.33. The minimum Gasteiger partial charge on any atom is -0.395 e. The molecule has 0 aromatic rings. The highest BCUT2D eigenvalue weighted by Crippen LogP contribution is 2.22. The molecular weight excluding hydrogens is 212 g/mol. The largest absolute Gasteiger partial charge is 0.395 e. The van der Waals surface area contributed by atoms with Gasteiger partial charge in [-0.25, -0.2) is 0 Å². The number of nitrogens with one attached hydrogen (secondary N) is 1. The molecule has 0 rings (SSSR count). The quantitative estimate of drug-likeness (QED) is 0.686. The van der Waals surface area contributed by atoms with Gasteiger partial charge < -0.3 is 15.3 Å². The topological polar surface area (TPSA) is 35.5 Å². The van der Waals surface area contributed by atoms with Crippen molar-refractivity contribution in [2.45, 2.75) is 53.5 Å². The van der Waals surface area contributed by atoms with Gasteiger partial charge in [-0.3, -0.25) is 0 Å². The van der Waals surface area contributed by atoms with Crippen molar-refractivity contribution in [2.24, 2.45) is 5.41 Å². The Labute approximate surface area is 108 Å². The molecule has 104 valence electrons. The summed E-state index contributed by atoms with van der Waals surface area (Å²) >= 11 is 0. The number of nitrogens with zero attached hydrogens (tertiary/aromatic N) is 1. The van der Waals surface area contributed by atoms with Crippen molar-refractivity contribution in [1.82, 2.24) is 10.2 Å². The van der Waals surface area contributed by atoms with Crippen LogP contribution in [0.15, 0.2) is 0 Å². The molecule has 0 bridgehead atoms. The van der Waals surface area contributed by atoms with Crippen molar-refractivity contribution in [3.8, 4) is 0 Å². The van der Waals surface area contributed by atoms with E-state index in [2.05, 4.69) is 51.8 Å². The second-order valence-electron chi connectivity index (χ2n) is 6.36. The summed E-state index contributed by atoms with van der Waals surface area (Å²) in [7, 11) is 0. The van der Waals surface area contributed by atoms with E-state index in [-0.39, 0.29) is 17.6 Å². The molecule has 3 nitrogen and oxygen atoms in total. The van der Waals surface area contributed by atoms with E-state index >= 15 is 0 Å². The number of hydrogen-bond donors (Lipinski definition) is 2. The Bertz CT molecular complexity index is 201. The van der Waals surface area contributed by atoms with Crippen molar-refractivity contribution in [1.29, 1.82) is 0 Å². The first kappa shape index (κ1) is 16.9. The summed E-state index contributed by atoms with van der Waals surface area (Å²) in [5, 5.41) is 12.6. The van der Waals surface area contributed by atoms with Crippen molar-refractivity contribution < 1.29 is 5.11 Å². The zero-order valence-electron chi connectivity index (χ0n) is 12.6. The van der Waals surface area contributed by atoms with Crippen molar-refractivity contribution in [3.63, 3.8) is 0 Å². The second-order valence-corrected chi connectivity index (χ2v) is 6.36. The monoisotopic (exact) mass is 244 g/mol. The summed E-state index contributed by atoms with van der Waals surface area (Å²) in [5.41, 5.74) is 0.447. The molecule has 0 fully saturated rings. The fourth-order valence-electron chi connectivity index (χ4n) is 1.80. The summed E-state index contributed by atoms with van der Waals surface area (Å²) in [6.45, 7) is 17.4. The van der Waals surface area contributed by atoms with Gasteiger partial charge in [0.15, 0.2) is 0 Å². The van der Waals surface area contributed by atoms with E-state index < -0.39 is 0 Å². The number of hydrogen-bond acceptors (Lipinski definition) is 3. The van der Waals surface area contributed by atoms with E-state index in [0.29, 0.717) is 0 Å². The number of likely N-dealkylation sites (N-methyl/N-ethyl adjacent to an activating group) is 1. The lowest BCUT2D eigenvalue weighted by molar-refractivity contribution is 0.128. The Morgan fingerprint density at radius 3 is 2.06 bits per heavy atom. The van der Waals surface area contributed by atoms with Gasteiger partial charge in [0.25, 0.3) is 0 Å². The maximum Gasteiger partial charge on any atom is 0.0558 e. The molecule has 0 amide bonds. The molecule has 0 saturated heterocycles. The minimum absolute atomic E-state index is 0.171. The number of aliphatic hydroxyl groups excluding tert-OH is 1. The third kappa shape index (κ3) is 7.74. The van der Waals surface area contributed by atoms with Crippen LogP contribution in [-0.2, 0) is 0 Å². The Morgan fingerprint density at radius 2 is 1.71 bits per heavy atom. The molecule has 0 spiro atoms. The average molecular weight is 244 g/mol. The normalized spacial score (nSPS) is 16.2. The van der Waals surface area contributed by atoms with Gasteiger partial charge in [-0.1, -0.05) is 20.8 Å². The van der Waals surface area contributed by atoms with Gasteiger partial charge in [0.05, 0.1) is 6.61 Å². The predicted molar refractivity (Wildman–Crippen MR) is 75.4 cm³/mol. The third-order valence-electron chi connectivity index (χ3n) is 3.37. The molecule has 3 heteroatoms. The van der Waals surface area contributed by atoms with Crippen LogP contribution in [0.5, 0.6) is 0 Å². The van der Waals surface area contributed by atoms with Crippen LogP contribution in [0.3, 0.4) is 0 Å². The first-order chi connectivity index (χ1) is 7.76. The summed E-state index contributed by atoms with van der Waals surface area (Å²) in [5.74, 6) is 0. The van der Waals surface area contributed by atoms with Gasteiger partial charge in [-0.15, -0.1) is 0 Å². The minimum atomic E-state index is 0.171. The van der Waals surface area contributed by atoms with E-state index in [1.54, 1.807) is 0 Å². The van der Waals surface area contributed by atoms with Gasteiger partial charge in [-0.05, 0) is 39.2 Å². The lowest BCUT2D eigenvalue weighted by Crippen LogP contribution is -2.47. The van der Waals surface area contributed by atoms with Crippen molar-refractivity contribution in [2.75, 3.05) is 32.8 Å². The molecule has 0 aliphatic heterocycles. The SMILES string of the molecule is CCN(CCO)CC(C)(CC)CNC(C)(C)C. The fourth-order valence-corrected chi connectivity index (χ4v) is 1.80. The van der Waals surface area contributed by atoms with E-state index in [0.717, 1.165) is 32.6 Å². The van der Waals surface area contributed by atoms with E-state index in [4.69, 9.17) is 5.11 Å². The Balaban J connectivity index is 4.34. The summed E-state index contributed by atoms with van der Waals surface area (Å²) < 4.78 is 0. The molecule has 0 aliphatic rings. The molecule has 0 radical (unpaired) electrons. The molecule has 0 aromatic heterocycles. The van der Waals surface area contributed by atoms with Crippen LogP contribution in [-0.4, -0.2) is 48.3 Å². The number of rotatable bonds is 8. The van der Waals surface area contributed by atoms with Gasteiger partial charge >= 0.3 is 0 Å². The highest BCUT2D eigenvalue weighted by Gasteiger charge is 2.26. The lowest BCUT2D eigenvalue weighted by Gasteiger charge is -2.37. The maximum atomic E-state index is 9.04. The number of aliphatic hydroxyl groups is 1. The second kappa shape index (κ2) is 7.34. The molecular formula is C14H32N2O. The van der Waals surface area contributed by atoms with Gasteiger partial charge in [0.2, 0.25) is 0 Å². The predicted octanol–water partition coefficient (Wildman–Crippen LogP) is 2.10. The smallest absolute Gasteiger partial charge is 0.0558 e. The zero-order chi connectivity index (χ0) is 13.5. The first-order valence-corrected chi connectivity index (χ1v) is 6.84. The Hall–Kier alpha value is -0.120. The van der Waals surface area contributed by atoms with Crippen LogP contribution in [0, 0.1) is 5.41 Å². The van der Waals surface area contributed by atoms with Crippen molar-refractivity contribution >= 4 is 0 Å². The zero-order valence-corrected chi connectivity index (χ0v) is 12.6. The van der Waals surface area contributed by atoms with Crippen LogP contribution in [0.2, 0.25) is 0 Å². The maximum absolute atomic E-state index is 9.04. The molecule has 1 unspecified atom stereocenters. The molecule has 0 saturated carbocycles. The summed E-state index contributed by atoms with van der Waals surface area (Å²) in [6, 6.07) is 0.